The lowest BCUT2D eigenvalue weighted by atomic mass is 10.1. The van der Waals surface area contributed by atoms with E-state index in [1.54, 1.807) is 23.9 Å². The van der Waals surface area contributed by atoms with Crippen LogP contribution in [0.1, 0.15) is 18.9 Å². The van der Waals surface area contributed by atoms with E-state index in [4.69, 9.17) is 0 Å². The van der Waals surface area contributed by atoms with Gasteiger partial charge in [0, 0.05) is 17.6 Å². The third-order valence-electron chi connectivity index (χ3n) is 3.30. The number of aliphatic imine (C=N–C) groups is 1. The van der Waals surface area contributed by atoms with Crippen LogP contribution in [0.25, 0.3) is 5.70 Å². The Kier molecular flexibility index (Phi) is 3.95. The first-order valence-corrected chi connectivity index (χ1v) is 9.42. The van der Waals surface area contributed by atoms with Crippen LogP contribution in [0, 0.1) is 0 Å². The van der Waals surface area contributed by atoms with Crippen molar-refractivity contribution in [3.05, 3.63) is 35.2 Å². The van der Waals surface area contributed by atoms with E-state index in [-0.39, 0.29) is 5.75 Å². The summed E-state index contributed by atoms with van der Waals surface area (Å²) in [5.41, 5.74) is 2.82. The predicted molar refractivity (Wildman–Crippen MR) is 88.7 cm³/mol. The Morgan fingerprint density at radius 1 is 1.33 bits per heavy atom. The molecule has 1 N–H and O–H groups in total. The fraction of sp³-hybridized carbons (Fsp3) is 0.357. The molecule has 0 unspecified atom stereocenters. The molecule has 0 amide bonds. The Labute approximate surface area is 129 Å². The van der Waals surface area contributed by atoms with Crippen LogP contribution in [-0.4, -0.2) is 37.3 Å². The number of anilines is 1. The molecule has 2 aliphatic rings. The van der Waals surface area contributed by atoms with Gasteiger partial charge in [-0.1, -0.05) is 30.8 Å². The molecule has 2 aliphatic heterocycles. The smallest absolute Gasteiger partial charge is 0.232 e. The highest BCUT2D eigenvalue weighted by atomic mass is 32.2. The van der Waals surface area contributed by atoms with Crippen LogP contribution in [0.15, 0.2) is 34.7 Å². The van der Waals surface area contributed by atoms with Gasteiger partial charge in [-0.3, -0.25) is 9.71 Å². The minimum atomic E-state index is -3.23. The van der Waals surface area contributed by atoms with Gasteiger partial charge in [0.25, 0.3) is 0 Å². The summed E-state index contributed by atoms with van der Waals surface area (Å²) in [5.74, 6) is 0.143. The van der Waals surface area contributed by atoms with E-state index in [1.165, 1.54) is 0 Å². The molecule has 5 nitrogen and oxygen atoms in total. The predicted octanol–water partition coefficient (Wildman–Crippen LogP) is 2.56. The van der Waals surface area contributed by atoms with Crippen molar-refractivity contribution in [2.45, 2.75) is 13.3 Å². The van der Waals surface area contributed by atoms with Crippen molar-refractivity contribution >= 4 is 38.3 Å². The van der Waals surface area contributed by atoms with E-state index < -0.39 is 10.0 Å². The fourth-order valence-electron chi connectivity index (χ4n) is 2.36. The van der Waals surface area contributed by atoms with Crippen LogP contribution >= 0.6 is 11.8 Å². The van der Waals surface area contributed by atoms with Crippen molar-refractivity contribution in [1.29, 1.82) is 0 Å². The third-order valence-corrected chi connectivity index (χ3v) is 5.69. The fourth-order valence-corrected chi connectivity index (χ4v) is 4.45. The standard InChI is InChI=1S/C14H17N3O2S2/c1-2-9-21(18,19)16-12-5-3-11(4-6-12)13-10-20-14-15-7-8-17(13)14/h3-6,10,16H,2,7-9H2,1H3. The second-order valence-electron chi connectivity index (χ2n) is 4.94. The van der Waals surface area contributed by atoms with Gasteiger partial charge in [0.2, 0.25) is 10.0 Å². The minimum absolute atomic E-state index is 0.143. The van der Waals surface area contributed by atoms with Crippen LogP contribution in [0.3, 0.4) is 0 Å². The van der Waals surface area contributed by atoms with Gasteiger partial charge < -0.3 is 4.90 Å². The molecule has 0 saturated heterocycles. The Morgan fingerprint density at radius 3 is 2.81 bits per heavy atom. The maximum absolute atomic E-state index is 11.7. The molecular weight excluding hydrogens is 306 g/mol. The maximum atomic E-state index is 11.7. The summed E-state index contributed by atoms with van der Waals surface area (Å²) in [5, 5.41) is 3.14. The zero-order valence-corrected chi connectivity index (χ0v) is 13.4. The number of thioether (sulfide) groups is 1. The van der Waals surface area contributed by atoms with Crippen LogP contribution in [0.2, 0.25) is 0 Å². The quantitative estimate of drug-likeness (QED) is 0.904. The Hall–Kier alpha value is -1.47. The highest BCUT2D eigenvalue weighted by molar-refractivity contribution is 8.16. The summed E-state index contributed by atoms with van der Waals surface area (Å²) >= 11 is 1.64. The molecule has 0 radical (unpaired) electrons. The highest BCUT2D eigenvalue weighted by Gasteiger charge is 2.26. The molecule has 0 spiro atoms. The number of nitrogens with zero attached hydrogens (tertiary/aromatic N) is 2. The summed E-state index contributed by atoms with van der Waals surface area (Å²) < 4.78 is 26.1. The van der Waals surface area contributed by atoms with Crippen molar-refractivity contribution in [2.75, 3.05) is 23.6 Å². The van der Waals surface area contributed by atoms with Gasteiger partial charge in [-0.25, -0.2) is 8.42 Å². The molecule has 1 aromatic carbocycles. The van der Waals surface area contributed by atoms with Crippen LogP contribution in [-0.2, 0) is 10.0 Å². The Balaban J connectivity index is 1.75. The lowest BCUT2D eigenvalue weighted by molar-refractivity contribution is 0.600. The molecule has 112 valence electrons. The van der Waals surface area contributed by atoms with E-state index in [9.17, 15) is 8.42 Å². The normalized spacial score (nSPS) is 17.5. The Morgan fingerprint density at radius 2 is 2.10 bits per heavy atom. The van der Waals surface area contributed by atoms with Gasteiger partial charge in [0.15, 0.2) is 5.17 Å². The van der Waals surface area contributed by atoms with E-state index >= 15 is 0 Å². The molecule has 7 heteroatoms. The summed E-state index contributed by atoms with van der Waals surface area (Å²) in [4.78, 5) is 6.62. The number of hydrogen-bond acceptors (Lipinski definition) is 5. The van der Waals surface area contributed by atoms with Crippen LogP contribution < -0.4 is 4.72 Å². The van der Waals surface area contributed by atoms with Crippen LogP contribution in [0.4, 0.5) is 5.69 Å². The van der Waals surface area contributed by atoms with Gasteiger partial charge in [0.1, 0.15) is 0 Å². The van der Waals surface area contributed by atoms with E-state index in [0.717, 1.165) is 29.5 Å². The van der Waals surface area contributed by atoms with Gasteiger partial charge in [-0.2, -0.15) is 0 Å². The molecule has 0 atom stereocenters. The summed E-state index contributed by atoms with van der Waals surface area (Å²) in [7, 11) is -3.23. The summed E-state index contributed by atoms with van der Waals surface area (Å²) in [6.07, 6.45) is 0.606. The second-order valence-corrected chi connectivity index (χ2v) is 7.61. The molecule has 3 rings (SSSR count). The number of nitrogens with one attached hydrogen (secondary N) is 1. The topological polar surface area (TPSA) is 61.8 Å². The molecule has 2 heterocycles. The minimum Gasteiger partial charge on any atom is -0.318 e. The summed E-state index contributed by atoms with van der Waals surface area (Å²) in [6, 6.07) is 7.49. The number of benzene rings is 1. The first-order valence-electron chi connectivity index (χ1n) is 6.89. The molecule has 0 aromatic heterocycles. The second kappa shape index (κ2) is 5.73. The highest BCUT2D eigenvalue weighted by Crippen LogP contribution is 2.35. The van der Waals surface area contributed by atoms with Gasteiger partial charge >= 0.3 is 0 Å². The van der Waals surface area contributed by atoms with Gasteiger partial charge in [-0.15, -0.1) is 0 Å². The molecule has 21 heavy (non-hydrogen) atoms. The SMILES string of the molecule is CCCS(=O)(=O)Nc1ccc(C2=CSC3=NCCN23)cc1. The molecule has 1 aromatic rings. The van der Waals surface area contributed by atoms with Gasteiger partial charge in [0.05, 0.1) is 18.0 Å². The summed E-state index contributed by atoms with van der Waals surface area (Å²) in [6.45, 7) is 3.61. The van der Waals surface area contributed by atoms with Crippen LogP contribution in [0.5, 0.6) is 0 Å². The van der Waals surface area contributed by atoms with Crippen molar-refractivity contribution in [2.24, 2.45) is 4.99 Å². The van der Waals surface area contributed by atoms with E-state index in [2.05, 4.69) is 20.0 Å². The van der Waals surface area contributed by atoms with Crippen molar-refractivity contribution < 1.29 is 8.42 Å². The largest absolute Gasteiger partial charge is 0.318 e. The third kappa shape index (κ3) is 3.08. The van der Waals surface area contributed by atoms with Crippen molar-refractivity contribution in [1.82, 2.24) is 4.90 Å². The van der Waals surface area contributed by atoms with Crippen molar-refractivity contribution in [3.63, 3.8) is 0 Å². The number of sulfonamides is 1. The van der Waals surface area contributed by atoms with Gasteiger partial charge in [-0.05, 0) is 24.1 Å². The Bertz CT molecular complexity index is 693. The maximum Gasteiger partial charge on any atom is 0.232 e. The average Bonchev–Trinajstić information content (AvgIpc) is 3.01. The van der Waals surface area contributed by atoms with E-state index in [1.807, 2.05) is 19.1 Å². The number of hydrogen-bond donors (Lipinski definition) is 1. The van der Waals surface area contributed by atoms with E-state index in [0.29, 0.717) is 12.1 Å². The molecule has 0 aliphatic carbocycles. The molecule has 0 fully saturated rings. The number of fused-ring (bicyclic) bond motifs is 1. The lowest BCUT2D eigenvalue weighted by Crippen LogP contribution is -2.20. The molecular formula is C14H17N3O2S2. The van der Waals surface area contributed by atoms with Crippen molar-refractivity contribution in [3.8, 4) is 0 Å². The molecule has 0 bridgehead atoms. The average molecular weight is 323 g/mol. The lowest BCUT2D eigenvalue weighted by Gasteiger charge is -2.17. The number of rotatable bonds is 5. The number of amidine groups is 1. The first-order chi connectivity index (χ1) is 10.1. The first kappa shape index (κ1) is 14.5. The zero-order valence-electron chi connectivity index (χ0n) is 11.7. The molecule has 0 saturated carbocycles. The zero-order chi connectivity index (χ0) is 14.9. The monoisotopic (exact) mass is 323 g/mol.